The molecule has 108 valence electrons. The predicted octanol–water partition coefficient (Wildman–Crippen LogP) is 0.371. The lowest BCUT2D eigenvalue weighted by atomic mass is 9.69. The molecule has 1 aliphatic rings. The topological polar surface area (TPSA) is 112 Å². The smallest absolute Gasteiger partial charge is 0.311 e. The van der Waals surface area contributed by atoms with Gasteiger partial charge in [0.15, 0.2) is 0 Å². The van der Waals surface area contributed by atoms with E-state index in [1.807, 2.05) is 0 Å². The fourth-order valence-electron chi connectivity index (χ4n) is 2.31. The highest BCUT2D eigenvalue weighted by Crippen LogP contribution is 2.40. The molecule has 0 bridgehead atoms. The Bertz CT molecular complexity index is 617. The molecule has 1 amide bonds. The van der Waals surface area contributed by atoms with Crippen molar-refractivity contribution in [1.29, 1.82) is 0 Å². The highest BCUT2D eigenvalue weighted by molar-refractivity contribution is 5.95. The van der Waals surface area contributed by atoms with Crippen LogP contribution in [0.5, 0.6) is 0 Å². The van der Waals surface area contributed by atoms with Crippen LogP contribution in [0.15, 0.2) is 4.79 Å². The largest absolute Gasteiger partial charge is 0.481 e. The Morgan fingerprint density at radius 3 is 2.55 bits per heavy atom. The van der Waals surface area contributed by atoms with Gasteiger partial charge in [-0.1, -0.05) is 6.42 Å². The van der Waals surface area contributed by atoms with Gasteiger partial charge in [-0.2, -0.15) is 5.10 Å². The van der Waals surface area contributed by atoms with E-state index in [0.29, 0.717) is 24.1 Å². The summed E-state index contributed by atoms with van der Waals surface area (Å²) in [7, 11) is 0. The lowest BCUT2D eigenvalue weighted by molar-refractivity contribution is -0.153. The summed E-state index contributed by atoms with van der Waals surface area (Å²) in [6, 6.07) is 0. The molecule has 1 aliphatic carbocycles. The van der Waals surface area contributed by atoms with Crippen LogP contribution in [0, 0.1) is 19.3 Å². The second kappa shape index (κ2) is 5.07. The maximum atomic E-state index is 12.1. The summed E-state index contributed by atoms with van der Waals surface area (Å²) in [4.78, 5) is 35.0. The van der Waals surface area contributed by atoms with Crippen molar-refractivity contribution < 1.29 is 14.7 Å². The summed E-state index contributed by atoms with van der Waals surface area (Å²) < 4.78 is 0. The molecule has 0 unspecified atom stereocenters. The molecule has 0 spiro atoms. The third-order valence-electron chi connectivity index (χ3n) is 4.05. The number of hydrogen-bond donors (Lipinski definition) is 3. The lowest BCUT2D eigenvalue weighted by Crippen LogP contribution is -2.48. The van der Waals surface area contributed by atoms with Crippen molar-refractivity contribution in [3.05, 3.63) is 27.2 Å². The molecule has 0 saturated heterocycles. The standard InChI is InChI=1S/C13H17N3O4/c1-7-8(2)15-16-11(18)9(7)10(17)14-6-13(12(19)20)4-3-5-13/h3-6H2,1-2H3,(H,14,17)(H,16,18)(H,19,20). The molecule has 1 aromatic heterocycles. The molecule has 3 N–H and O–H groups in total. The number of carbonyl (C=O) groups excluding carboxylic acids is 1. The van der Waals surface area contributed by atoms with Crippen molar-refractivity contribution in [2.45, 2.75) is 33.1 Å². The quantitative estimate of drug-likeness (QED) is 0.737. The van der Waals surface area contributed by atoms with E-state index < -0.39 is 22.9 Å². The maximum absolute atomic E-state index is 12.1. The van der Waals surface area contributed by atoms with Crippen molar-refractivity contribution in [2.75, 3.05) is 6.54 Å². The van der Waals surface area contributed by atoms with Gasteiger partial charge < -0.3 is 10.4 Å². The maximum Gasteiger partial charge on any atom is 0.311 e. The number of aliphatic carboxylic acids is 1. The number of aryl methyl sites for hydroxylation is 1. The van der Waals surface area contributed by atoms with Crippen LogP contribution in [0.1, 0.15) is 40.9 Å². The molecule has 1 fully saturated rings. The fourth-order valence-corrected chi connectivity index (χ4v) is 2.31. The van der Waals surface area contributed by atoms with E-state index in [4.69, 9.17) is 0 Å². The number of rotatable bonds is 4. The summed E-state index contributed by atoms with van der Waals surface area (Å²) in [5, 5.41) is 17.8. The minimum atomic E-state index is -0.902. The van der Waals surface area contributed by atoms with Crippen LogP contribution in [-0.2, 0) is 4.79 Å². The minimum Gasteiger partial charge on any atom is -0.481 e. The van der Waals surface area contributed by atoms with Gasteiger partial charge >= 0.3 is 5.97 Å². The number of nitrogens with one attached hydrogen (secondary N) is 2. The molecule has 20 heavy (non-hydrogen) atoms. The summed E-state index contributed by atoms with van der Waals surface area (Å²) in [5.74, 6) is -1.46. The first-order valence-electron chi connectivity index (χ1n) is 6.45. The first-order chi connectivity index (χ1) is 9.37. The summed E-state index contributed by atoms with van der Waals surface area (Å²) in [5.41, 5.74) is -0.380. The van der Waals surface area contributed by atoms with Crippen molar-refractivity contribution in [2.24, 2.45) is 5.41 Å². The molecule has 7 nitrogen and oxygen atoms in total. The van der Waals surface area contributed by atoms with E-state index in [-0.39, 0.29) is 12.1 Å². The van der Waals surface area contributed by atoms with Crippen LogP contribution in [0.25, 0.3) is 0 Å². The Morgan fingerprint density at radius 1 is 1.40 bits per heavy atom. The molecule has 1 aromatic rings. The van der Waals surface area contributed by atoms with E-state index in [0.717, 1.165) is 6.42 Å². The first kappa shape index (κ1) is 14.2. The summed E-state index contributed by atoms with van der Waals surface area (Å²) in [6.45, 7) is 3.37. The van der Waals surface area contributed by atoms with Gasteiger partial charge in [-0.15, -0.1) is 0 Å². The average Bonchev–Trinajstić information content (AvgIpc) is 2.32. The zero-order valence-corrected chi connectivity index (χ0v) is 11.4. The van der Waals surface area contributed by atoms with E-state index in [9.17, 15) is 19.5 Å². The van der Waals surface area contributed by atoms with Crippen LogP contribution in [-0.4, -0.2) is 33.7 Å². The van der Waals surface area contributed by atoms with E-state index >= 15 is 0 Å². The second-order valence-electron chi connectivity index (χ2n) is 5.26. The van der Waals surface area contributed by atoms with Crippen LogP contribution < -0.4 is 10.9 Å². The third kappa shape index (κ3) is 2.31. The van der Waals surface area contributed by atoms with Gasteiger partial charge in [0, 0.05) is 6.54 Å². The van der Waals surface area contributed by atoms with E-state index in [2.05, 4.69) is 15.5 Å². The Morgan fingerprint density at radius 2 is 2.05 bits per heavy atom. The van der Waals surface area contributed by atoms with Crippen molar-refractivity contribution in [1.82, 2.24) is 15.5 Å². The number of carboxylic acids is 1. The third-order valence-corrected chi connectivity index (χ3v) is 4.05. The minimum absolute atomic E-state index is 0.00244. The second-order valence-corrected chi connectivity index (χ2v) is 5.26. The van der Waals surface area contributed by atoms with Gasteiger partial charge in [-0.25, -0.2) is 5.10 Å². The lowest BCUT2D eigenvalue weighted by Gasteiger charge is -2.37. The zero-order chi connectivity index (χ0) is 14.9. The number of nitrogens with zero attached hydrogens (tertiary/aromatic N) is 1. The number of carboxylic acid groups (broad SMARTS) is 1. The predicted molar refractivity (Wildman–Crippen MR) is 70.6 cm³/mol. The Balaban J connectivity index is 2.16. The monoisotopic (exact) mass is 279 g/mol. The van der Waals surface area contributed by atoms with Gasteiger partial charge in [0.25, 0.3) is 11.5 Å². The summed E-state index contributed by atoms with van der Waals surface area (Å²) in [6.07, 6.45) is 1.94. The zero-order valence-electron chi connectivity index (χ0n) is 11.4. The molecule has 2 rings (SSSR count). The molecule has 7 heteroatoms. The van der Waals surface area contributed by atoms with E-state index in [1.54, 1.807) is 13.8 Å². The number of aromatic amines is 1. The van der Waals surface area contributed by atoms with Crippen LogP contribution >= 0.6 is 0 Å². The molecule has 0 aromatic carbocycles. The number of carbonyl (C=O) groups is 2. The molecule has 0 radical (unpaired) electrons. The number of aromatic nitrogens is 2. The number of H-pyrrole nitrogens is 1. The van der Waals surface area contributed by atoms with Crippen LogP contribution in [0.4, 0.5) is 0 Å². The fraction of sp³-hybridized carbons (Fsp3) is 0.538. The molecule has 1 heterocycles. The highest BCUT2D eigenvalue weighted by Gasteiger charge is 2.44. The van der Waals surface area contributed by atoms with E-state index in [1.165, 1.54) is 0 Å². The van der Waals surface area contributed by atoms with Crippen molar-refractivity contribution in [3.63, 3.8) is 0 Å². The molecule has 0 aliphatic heterocycles. The normalized spacial score (nSPS) is 16.3. The molecular weight excluding hydrogens is 262 g/mol. The SMILES string of the molecule is Cc1n[nH]c(=O)c(C(=O)NCC2(C(=O)O)CCC2)c1C. The Labute approximate surface area is 115 Å². The first-order valence-corrected chi connectivity index (χ1v) is 6.45. The molecular formula is C13H17N3O4. The van der Waals surface area contributed by atoms with Gasteiger partial charge in [0.05, 0.1) is 11.1 Å². The van der Waals surface area contributed by atoms with Gasteiger partial charge in [0.2, 0.25) is 0 Å². The average molecular weight is 279 g/mol. The van der Waals surface area contributed by atoms with Crippen LogP contribution in [0.2, 0.25) is 0 Å². The molecule has 1 saturated carbocycles. The number of hydrogen-bond acceptors (Lipinski definition) is 4. The van der Waals surface area contributed by atoms with Gasteiger partial charge in [-0.3, -0.25) is 14.4 Å². The summed E-state index contributed by atoms with van der Waals surface area (Å²) >= 11 is 0. The van der Waals surface area contributed by atoms with Gasteiger partial charge in [-0.05, 0) is 32.3 Å². The number of amides is 1. The van der Waals surface area contributed by atoms with Crippen molar-refractivity contribution >= 4 is 11.9 Å². The Kier molecular flexibility index (Phi) is 3.61. The van der Waals surface area contributed by atoms with Gasteiger partial charge in [0.1, 0.15) is 5.56 Å². The van der Waals surface area contributed by atoms with Crippen molar-refractivity contribution in [3.8, 4) is 0 Å². The van der Waals surface area contributed by atoms with Crippen LogP contribution in [0.3, 0.4) is 0 Å². The Hall–Kier alpha value is -2.18. The highest BCUT2D eigenvalue weighted by atomic mass is 16.4. The molecule has 0 atom stereocenters.